The molecule has 0 aliphatic carbocycles. The number of carbonyl (C=O) groups excluding carboxylic acids is 1. The highest BCUT2D eigenvalue weighted by Gasteiger charge is 2.36. The Morgan fingerprint density at radius 3 is 2.62 bits per heavy atom. The molecule has 1 unspecified atom stereocenters. The fraction of sp³-hybridized carbons (Fsp3) is 0.550. The molecule has 1 aliphatic heterocycles. The Kier molecular flexibility index (Phi) is 4.65. The maximum atomic E-state index is 13.2. The summed E-state index contributed by atoms with van der Waals surface area (Å²) in [6.45, 7) is 11.6. The van der Waals surface area contributed by atoms with Gasteiger partial charge in [-0.15, -0.1) is 0 Å². The summed E-state index contributed by atoms with van der Waals surface area (Å²) < 4.78 is 5.46. The minimum absolute atomic E-state index is 0.0175. The van der Waals surface area contributed by atoms with Crippen molar-refractivity contribution in [2.24, 2.45) is 11.1 Å². The molecule has 140 valence electrons. The van der Waals surface area contributed by atoms with Crippen LogP contribution in [-0.2, 0) is 5.41 Å². The number of likely N-dealkylation sites (tertiary alicyclic amines) is 1. The molecule has 1 aromatic heterocycles. The van der Waals surface area contributed by atoms with E-state index in [-0.39, 0.29) is 22.8 Å². The predicted octanol–water partition coefficient (Wildman–Crippen LogP) is 3.23. The van der Waals surface area contributed by atoms with Crippen molar-refractivity contribution in [2.75, 3.05) is 13.1 Å². The van der Waals surface area contributed by atoms with E-state index in [0.29, 0.717) is 35.9 Å². The van der Waals surface area contributed by atoms with Gasteiger partial charge in [0.25, 0.3) is 11.8 Å². The van der Waals surface area contributed by atoms with E-state index in [4.69, 9.17) is 10.3 Å². The quantitative estimate of drug-likeness (QED) is 0.893. The number of carbonyl (C=O) groups is 1. The minimum Gasteiger partial charge on any atom is -0.338 e. The summed E-state index contributed by atoms with van der Waals surface area (Å²) in [4.78, 5) is 19.6. The van der Waals surface area contributed by atoms with E-state index in [1.54, 1.807) is 0 Å². The molecule has 1 aromatic carbocycles. The minimum atomic E-state index is -0.215. The van der Waals surface area contributed by atoms with E-state index in [9.17, 15) is 4.79 Å². The van der Waals surface area contributed by atoms with Crippen LogP contribution in [0.25, 0.3) is 11.5 Å². The Balaban J connectivity index is 1.92. The Hall–Kier alpha value is -2.21. The molecule has 3 rings (SSSR count). The SMILES string of the molecule is CC(C)(C)c1noc(-c2ccccc2C(=O)N2CCC(N)C(C)(C)C2)n1. The Morgan fingerprint density at radius 2 is 2.00 bits per heavy atom. The van der Waals surface area contributed by atoms with Gasteiger partial charge in [0.15, 0.2) is 5.82 Å². The first kappa shape index (κ1) is 18.6. The monoisotopic (exact) mass is 356 g/mol. The van der Waals surface area contributed by atoms with Crippen LogP contribution in [0.15, 0.2) is 28.8 Å². The summed E-state index contributed by atoms with van der Waals surface area (Å²) in [5.41, 5.74) is 7.15. The summed E-state index contributed by atoms with van der Waals surface area (Å²) in [7, 11) is 0. The van der Waals surface area contributed by atoms with Crippen molar-refractivity contribution in [1.29, 1.82) is 0 Å². The van der Waals surface area contributed by atoms with Gasteiger partial charge in [0.2, 0.25) is 0 Å². The average Bonchev–Trinajstić information content (AvgIpc) is 3.07. The summed E-state index contributed by atoms with van der Waals surface area (Å²) in [6.07, 6.45) is 0.801. The number of amides is 1. The number of piperidine rings is 1. The van der Waals surface area contributed by atoms with Gasteiger partial charge in [-0.1, -0.05) is 51.9 Å². The van der Waals surface area contributed by atoms with E-state index in [1.165, 1.54) is 0 Å². The fourth-order valence-corrected chi connectivity index (χ4v) is 3.21. The van der Waals surface area contributed by atoms with Crippen LogP contribution in [0.4, 0.5) is 0 Å². The smallest absolute Gasteiger partial charge is 0.258 e. The molecule has 6 heteroatoms. The zero-order chi connectivity index (χ0) is 19.1. The molecule has 1 saturated heterocycles. The number of nitrogens with zero attached hydrogens (tertiary/aromatic N) is 3. The van der Waals surface area contributed by atoms with Gasteiger partial charge in [-0.3, -0.25) is 4.79 Å². The van der Waals surface area contributed by atoms with Crippen molar-refractivity contribution in [2.45, 2.75) is 52.5 Å². The molecule has 1 atom stereocenters. The zero-order valence-corrected chi connectivity index (χ0v) is 16.2. The molecule has 6 nitrogen and oxygen atoms in total. The highest BCUT2D eigenvalue weighted by molar-refractivity contribution is 6.00. The Morgan fingerprint density at radius 1 is 1.31 bits per heavy atom. The molecule has 1 amide bonds. The van der Waals surface area contributed by atoms with Crippen LogP contribution in [0.3, 0.4) is 0 Å². The highest BCUT2D eigenvalue weighted by Crippen LogP contribution is 2.31. The van der Waals surface area contributed by atoms with E-state index >= 15 is 0 Å². The first-order chi connectivity index (χ1) is 12.1. The molecule has 2 N–H and O–H groups in total. The van der Waals surface area contributed by atoms with Gasteiger partial charge in [0.1, 0.15) is 0 Å². The highest BCUT2D eigenvalue weighted by atomic mass is 16.5. The summed E-state index contributed by atoms with van der Waals surface area (Å²) in [5, 5.41) is 4.08. The fourth-order valence-electron chi connectivity index (χ4n) is 3.21. The standard InChI is InChI=1S/C20H28N4O2/c1-19(2,3)18-22-16(26-23-18)13-8-6-7-9-14(13)17(25)24-11-10-15(21)20(4,5)12-24/h6-9,15H,10-12,21H2,1-5H3. The lowest BCUT2D eigenvalue weighted by atomic mass is 9.79. The third-order valence-electron chi connectivity index (χ3n) is 5.08. The lowest BCUT2D eigenvalue weighted by Crippen LogP contribution is -2.54. The molecule has 0 bridgehead atoms. The molecular weight excluding hydrogens is 328 g/mol. The van der Waals surface area contributed by atoms with Crippen LogP contribution in [-0.4, -0.2) is 40.1 Å². The van der Waals surface area contributed by atoms with Crippen LogP contribution in [0.5, 0.6) is 0 Å². The number of hydrogen-bond acceptors (Lipinski definition) is 5. The number of nitrogens with two attached hydrogens (primary N) is 1. The van der Waals surface area contributed by atoms with E-state index in [0.717, 1.165) is 6.42 Å². The van der Waals surface area contributed by atoms with E-state index in [2.05, 4.69) is 24.0 Å². The summed E-state index contributed by atoms with van der Waals surface area (Å²) >= 11 is 0. The topological polar surface area (TPSA) is 85.2 Å². The van der Waals surface area contributed by atoms with Crippen molar-refractivity contribution < 1.29 is 9.32 Å². The predicted molar refractivity (Wildman–Crippen MR) is 101 cm³/mol. The molecular formula is C20H28N4O2. The van der Waals surface area contributed by atoms with Crippen molar-refractivity contribution >= 4 is 5.91 Å². The third-order valence-corrected chi connectivity index (χ3v) is 5.08. The maximum Gasteiger partial charge on any atom is 0.258 e. The molecule has 1 fully saturated rings. The Bertz CT molecular complexity index is 804. The van der Waals surface area contributed by atoms with Gasteiger partial charge in [-0.05, 0) is 24.0 Å². The average molecular weight is 356 g/mol. The van der Waals surface area contributed by atoms with Crippen molar-refractivity contribution in [3.05, 3.63) is 35.7 Å². The van der Waals surface area contributed by atoms with Gasteiger partial charge >= 0.3 is 0 Å². The second-order valence-corrected chi connectivity index (χ2v) is 8.83. The van der Waals surface area contributed by atoms with Crippen molar-refractivity contribution in [1.82, 2.24) is 15.0 Å². The van der Waals surface area contributed by atoms with Crippen LogP contribution < -0.4 is 5.73 Å². The second-order valence-electron chi connectivity index (χ2n) is 8.83. The molecule has 2 heterocycles. The summed E-state index contributed by atoms with van der Waals surface area (Å²) in [5.74, 6) is 0.989. The van der Waals surface area contributed by atoms with Gasteiger partial charge < -0.3 is 15.2 Å². The number of benzene rings is 1. The van der Waals surface area contributed by atoms with Crippen LogP contribution in [0.2, 0.25) is 0 Å². The normalized spacial score (nSPS) is 20.2. The van der Waals surface area contributed by atoms with E-state index < -0.39 is 0 Å². The van der Waals surface area contributed by atoms with Gasteiger partial charge in [-0.2, -0.15) is 4.98 Å². The van der Waals surface area contributed by atoms with Crippen LogP contribution in [0.1, 0.15) is 57.2 Å². The lowest BCUT2D eigenvalue weighted by Gasteiger charge is -2.42. The van der Waals surface area contributed by atoms with Crippen LogP contribution >= 0.6 is 0 Å². The molecule has 0 radical (unpaired) electrons. The van der Waals surface area contributed by atoms with Crippen LogP contribution in [0, 0.1) is 5.41 Å². The number of aromatic nitrogens is 2. The zero-order valence-electron chi connectivity index (χ0n) is 16.2. The first-order valence-electron chi connectivity index (χ1n) is 9.08. The van der Waals surface area contributed by atoms with Crippen molar-refractivity contribution in [3.8, 4) is 11.5 Å². The number of hydrogen-bond donors (Lipinski definition) is 1. The molecule has 0 spiro atoms. The first-order valence-corrected chi connectivity index (χ1v) is 9.08. The van der Waals surface area contributed by atoms with E-state index in [1.807, 2.05) is 49.9 Å². The second kappa shape index (κ2) is 6.50. The lowest BCUT2D eigenvalue weighted by molar-refractivity contribution is 0.0533. The molecule has 1 aliphatic rings. The van der Waals surface area contributed by atoms with Gasteiger partial charge in [0, 0.05) is 24.5 Å². The maximum absolute atomic E-state index is 13.2. The molecule has 26 heavy (non-hydrogen) atoms. The molecule has 0 saturated carbocycles. The number of rotatable bonds is 2. The Labute approximate surface area is 154 Å². The van der Waals surface area contributed by atoms with Crippen molar-refractivity contribution in [3.63, 3.8) is 0 Å². The summed E-state index contributed by atoms with van der Waals surface area (Å²) in [6, 6.07) is 7.52. The molecule has 2 aromatic rings. The largest absolute Gasteiger partial charge is 0.338 e. The van der Waals surface area contributed by atoms with Gasteiger partial charge in [-0.25, -0.2) is 0 Å². The van der Waals surface area contributed by atoms with Gasteiger partial charge in [0.05, 0.1) is 11.1 Å². The third kappa shape index (κ3) is 3.51.